The van der Waals surface area contributed by atoms with E-state index in [2.05, 4.69) is 5.32 Å². The van der Waals surface area contributed by atoms with E-state index in [1.807, 2.05) is 12.1 Å². The molecule has 0 fully saturated rings. The van der Waals surface area contributed by atoms with Gasteiger partial charge >= 0.3 is 0 Å². The lowest BCUT2D eigenvalue weighted by Gasteiger charge is -2.05. The molecule has 4 nitrogen and oxygen atoms in total. The number of ether oxygens (including phenoxy) is 1. The van der Waals surface area contributed by atoms with E-state index in [0.29, 0.717) is 5.69 Å². The summed E-state index contributed by atoms with van der Waals surface area (Å²) in [7, 11) is 1.50. The zero-order valence-electron chi connectivity index (χ0n) is 8.12. The highest BCUT2D eigenvalue weighted by atomic mass is 16.5. The molecule has 0 amide bonds. The number of nitrogens with two attached hydrogens (primary N) is 1. The third kappa shape index (κ3) is 3.45. The molecule has 0 aromatic heterocycles. The van der Waals surface area contributed by atoms with Gasteiger partial charge in [-0.25, -0.2) is 0 Å². The molecular weight excluding hydrogens is 180 g/mol. The number of Topliss-reactive ketones (excluding diaryl/α,β-unsaturated/α-hetero) is 1. The van der Waals surface area contributed by atoms with Crippen LogP contribution in [0.15, 0.2) is 24.3 Å². The van der Waals surface area contributed by atoms with Gasteiger partial charge in [0, 0.05) is 18.5 Å². The van der Waals surface area contributed by atoms with E-state index in [-0.39, 0.29) is 18.9 Å². The minimum atomic E-state index is 0.0179. The van der Waals surface area contributed by atoms with Gasteiger partial charge in [-0.2, -0.15) is 0 Å². The van der Waals surface area contributed by atoms with Crippen molar-refractivity contribution in [1.82, 2.24) is 0 Å². The largest absolute Gasteiger partial charge is 0.399 e. The summed E-state index contributed by atoms with van der Waals surface area (Å²) in [5, 5.41) is 2.97. The summed E-state index contributed by atoms with van der Waals surface area (Å²) in [6, 6.07) is 7.22. The van der Waals surface area contributed by atoms with Crippen molar-refractivity contribution in [1.29, 1.82) is 0 Å². The molecule has 0 spiro atoms. The molecule has 0 heterocycles. The summed E-state index contributed by atoms with van der Waals surface area (Å²) in [4.78, 5) is 11.1. The van der Waals surface area contributed by atoms with E-state index in [0.717, 1.165) is 5.69 Å². The van der Waals surface area contributed by atoms with E-state index in [1.165, 1.54) is 7.11 Å². The minimum absolute atomic E-state index is 0.0179. The molecule has 0 atom stereocenters. The number of carbonyl (C=O) groups excluding carboxylic acids is 1. The zero-order valence-corrected chi connectivity index (χ0v) is 8.12. The molecule has 0 bridgehead atoms. The normalized spacial score (nSPS) is 9.79. The number of anilines is 2. The van der Waals surface area contributed by atoms with Crippen LogP contribution in [0.4, 0.5) is 11.4 Å². The van der Waals surface area contributed by atoms with E-state index in [1.54, 1.807) is 12.1 Å². The Kier molecular flexibility index (Phi) is 3.94. The Morgan fingerprint density at radius 3 is 2.64 bits per heavy atom. The van der Waals surface area contributed by atoms with E-state index >= 15 is 0 Å². The molecule has 1 aromatic rings. The van der Waals surface area contributed by atoms with Gasteiger partial charge in [0.15, 0.2) is 5.78 Å². The Balaban J connectivity index is 2.38. The monoisotopic (exact) mass is 194 g/mol. The van der Waals surface area contributed by atoms with Crippen LogP contribution in [0.1, 0.15) is 0 Å². The molecule has 0 unspecified atom stereocenters. The van der Waals surface area contributed by atoms with Gasteiger partial charge in [-0.05, 0) is 24.3 Å². The molecule has 0 aliphatic carbocycles. The maximum atomic E-state index is 11.1. The van der Waals surface area contributed by atoms with Crippen LogP contribution in [-0.4, -0.2) is 26.0 Å². The Morgan fingerprint density at radius 2 is 2.07 bits per heavy atom. The predicted molar refractivity (Wildman–Crippen MR) is 56.2 cm³/mol. The number of ketones is 1. The van der Waals surface area contributed by atoms with Crippen LogP contribution in [0.2, 0.25) is 0 Å². The van der Waals surface area contributed by atoms with Crippen molar-refractivity contribution >= 4 is 17.2 Å². The summed E-state index contributed by atoms with van der Waals surface area (Å²) < 4.78 is 4.70. The van der Waals surface area contributed by atoms with Crippen molar-refractivity contribution in [3.63, 3.8) is 0 Å². The molecule has 0 aliphatic heterocycles. The first-order valence-electron chi connectivity index (χ1n) is 4.32. The average molecular weight is 194 g/mol. The van der Waals surface area contributed by atoms with E-state index < -0.39 is 0 Å². The number of hydrogen-bond acceptors (Lipinski definition) is 4. The van der Waals surface area contributed by atoms with Gasteiger partial charge in [0.25, 0.3) is 0 Å². The van der Waals surface area contributed by atoms with Gasteiger partial charge in [0.1, 0.15) is 6.61 Å². The van der Waals surface area contributed by atoms with Crippen molar-refractivity contribution in [3.8, 4) is 0 Å². The van der Waals surface area contributed by atoms with Crippen molar-refractivity contribution < 1.29 is 9.53 Å². The van der Waals surface area contributed by atoms with Crippen LogP contribution >= 0.6 is 0 Å². The molecule has 4 heteroatoms. The first-order chi connectivity index (χ1) is 6.72. The molecule has 3 N–H and O–H groups in total. The lowest BCUT2D eigenvalue weighted by Crippen LogP contribution is -2.18. The first-order valence-corrected chi connectivity index (χ1v) is 4.32. The lowest BCUT2D eigenvalue weighted by atomic mass is 10.3. The van der Waals surface area contributed by atoms with Crippen molar-refractivity contribution in [3.05, 3.63) is 24.3 Å². The third-order valence-electron chi connectivity index (χ3n) is 1.71. The summed E-state index contributed by atoms with van der Waals surface area (Å²) >= 11 is 0. The zero-order chi connectivity index (χ0) is 10.4. The van der Waals surface area contributed by atoms with Crippen LogP contribution in [0, 0.1) is 0 Å². The molecule has 76 valence electrons. The number of nitrogens with one attached hydrogen (secondary N) is 1. The van der Waals surface area contributed by atoms with Gasteiger partial charge in [0.2, 0.25) is 0 Å². The average Bonchev–Trinajstić information content (AvgIpc) is 2.17. The second-order valence-electron chi connectivity index (χ2n) is 2.95. The van der Waals surface area contributed by atoms with Crippen LogP contribution < -0.4 is 11.1 Å². The molecule has 1 rings (SSSR count). The van der Waals surface area contributed by atoms with E-state index in [4.69, 9.17) is 10.5 Å². The minimum Gasteiger partial charge on any atom is -0.399 e. The Labute approximate surface area is 83.1 Å². The van der Waals surface area contributed by atoms with Crippen LogP contribution in [-0.2, 0) is 9.53 Å². The smallest absolute Gasteiger partial charge is 0.177 e. The molecule has 0 aliphatic rings. The Hall–Kier alpha value is -1.55. The molecule has 0 saturated carbocycles. The second kappa shape index (κ2) is 5.24. The highest BCUT2D eigenvalue weighted by molar-refractivity contribution is 5.84. The Morgan fingerprint density at radius 1 is 1.43 bits per heavy atom. The maximum Gasteiger partial charge on any atom is 0.177 e. The van der Waals surface area contributed by atoms with Crippen LogP contribution in [0.3, 0.4) is 0 Å². The molecule has 0 saturated heterocycles. The molecule has 14 heavy (non-hydrogen) atoms. The quantitative estimate of drug-likeness (QED) is 0.683. The lowest BCUT2D eigenvalue weighted by molar-refractivity contribution is -0.120. The standard InChI is InChI=1S/C10H14N2O2/c1-14-7-10(13)6-12-9-4-2-8(11)3-5-9/h2-5,12H,6-7,11H2,1H3. The second-order valence-corrected chi connectivity index (χ2v) is 2.95. The summed E-state index contributed by atoms with van der Waals surface area (Å²) in [5.74, 6) is 0.0179. The number of methoxy groups -OCH3 is 1. The maximum absolute atomic E-state index is 11.1. The SMILES string of the molecule is COCC(=O)CNc1ccc(N)cc1. The fourth-order valence-corrected chi connectivity index (χ4v) is 1.01. The first kappa shape index (κ1) is 10.5. The number of carbonyl (C=O) groups is 1. The van der Waals surface area contributed by atoms with Crippen molar-refractivity contribution in [2.45, 2.75) is 0 Å². The van der Waals surface area contributed by atoms with Crippen molar-refractivity contribution in [2.24, 2.45) is 0 Å². The van der Waals surface area contributed by atoms with Gasteiger partial charge in [-0.3, -0.25) is 4.79 Å². The highest BCUT2D eigenvalue weighted by Gasteiger charge is 1.99. The number of hydrogen-bond donors (Lipinski definition) is 2. The summed E-state index contributed by atoms with van der Waals surface area (Å²) in [5.41, 5.74) is 7.10. The number of benzene rings is 1. The molecule has 1 aromatic carbocycles. The van der Waals surface area contributed by atoms with Gasteiger partial charge in [0.05, 0.1) is 6.54 Å². The van der Waals surface area contributed by atoms with Crippen LogP contribution in [0.25, 0.3) is 0 Å². The van der Waals surface area contributed by atoms with Gasteiger partial charge in [-0.1, -0.05) is 0 Å². The topological polar surface area (TPSA) is 64.3 Å². The number of rotatable bonds is 5. The van der Waals surface area contributed by atoms with E-state index in [9.17, 15) is 4.79 Å². The van der Waals surface area contributed by atoms with Crippen molar-refractivity contribution in [2.75, 3.05) is 31.3 Å². The van der Waals surface area contributed by atoms with Gasteiger partial charge in [-0.15, -0.1) is 0 Å². The summed E-state index contributed by atoms with van der Waals surface area (Å²) in [6.45, 7) is 0.416. The fraction of sp³-hybridized carbons (Fsp3) is 0.300. The predicted octanol–water partition coefficient (Wildman–Crippen LogP) is 0.896. The number of nitrogen functional groups attached to an aromatic ring is 1. The highest BCUT2D eigenvalue weighted by Crippen LogP contribution is 2.09. The van der Waals surface area contributed by atoms with Gasteiger partial charge < -0.3 is 15.8 Å². The summed E-state index contributed by atoms with van der Waals surface area (Å²) in [6.07, 6.45) is 0. The molecule has 0 radical (unpaired) electrons. The third-order valence-corrected chi connectivity index (χ3v) is 1.71. The fourth-order valence-electron chi connectivity index (χ4n) is 1.01. The molecular formula is C10H14N2O2. The Bertz CT molecular complexity index is 295. The van der Waals surface area contributed by atoms with Crippen LogP contribution in [0.5, 0.6) is 0 Å².